The summed E-state index contributed by atoms with van der Waals surface area (Å²) in [6.07, 6.45) is 6.17. The first-order chi connectivity index (χ1) is 7.40. The van der Waals surface area contributed by atoms with E-state index in [1.54, 1.807) is 0 Å². The van der Waals surface area contributed by atoms with Crippen LogP contribution in [0.15, 0.2) is 18.2 Å². The van der Waals surface area contributed by atoms with Crippen LogP contribution in [0.2, 0.25) is 0 Å². The first kappa shape index (κ1) is 10.2. The van der Waals surface area contributed by atoms with E-state index in [1.165, 1.54) is 36.1 Å². The lowest BCUT2D eigenvalue weighted by Crippen LogP contribution is -2.00. The largest absolute Gasteiger partial charge is 0.385 e. The number of rotatable bonds is 3. The predicted octanol–water partition coefficient (Wildman–Crippen LogP) is 2.57. The molecule has 0 aliphatic carbocycles. The van der Waals surface area contributed by atoms with Crippen molar-refractivity contribution in [3.8, 4) is 0 Å². The zero-order valence-electron chi connectivity index (χ0n) is 8.96. The third-order valence-corrected chi connectivity index (χ3v) is 2.91. The van der Waals surface area contributed by atoms with Crippen molar-refractivity contribution in [2.45, 2.75) is 32.1 Å². The molecular formula is C13H17NO. The zero-order chi connectivity index (χ0) is 10.5. The third kappa shape index (κ3) is 2.58. The number of anilines is 1. The van der Waals surface area contributed by atoms with E-state index in [9.17, 15) is 4.79 Å². The lowest BCUT2D eigenvalue weighted by molar-refractivity contribution is -0.107. The number of hydrogen-bond acceptors (Lipinski definition) is 2. The fourth-order valence-electron chi connectivity index (χ4n) is 2.05. The fourth-order valence-corrected chi connectivity index (χ4v) is 2.05. The molecule has 0 saturated carbocycles. The van der Waals surface area contributed by atoms with E-state index in [0.29, 0.717) is 6.42 Å². The van der Waals surface area contributed by atoms with Crippen molar-refractivity contribution in [1.29, 1.82) is 0 Å². The number of fused-ring (bicyclic) bond motifs is 1. The van der Waals surface area contributed by atoms with Crippen LogP contribution in [0, 0.1) is 0 Å². The van der Waals surface area contributed by atoms with Crippen LogP contribution in [0.1, 0.15) is 30.4 Å². The molecule has 2 heteroatoms. The average Bonchev–Trinajstić information content (AvgIpc) is 2.50. The number of aldehydes is 1. The summed E-state index contributed by atoms with van der Waals surface area (Å²) in [7, 11) is 0. The minimum absolute atomic E-state index is 0.624. The van der Waals surface area contributed by atoms with E-state index in [1.807, 2.05) is 0 Å². The number of hydrogen-bond donors (Lipinski definition) is 1. The standard InChI is InChI=1S/C13H17NO/c15-9-3-4-11-6-7-12-5-1-2-8-14-13(12)10-11/h6-7,9-10,14H,1-5,8H2. The number of nitrogens with one attached hydrogen (secondary N) is 1. The zero-order valence-corrected chi connectivity index (χ0v) is 8.96. The normalized spacial score (nSPS) is 14.9. The Hall–Kier alpha value is -1.31. The molecule has 0 unspecified atom stereocenters. The lowest BCUT2D eigenvalue weighted by Gasteiger charge is -2.09. The molecule has 1 aromatic carbocycles. The van der Waals surface area contributed by atoms with Crippen molar-refractivity contribution in [2.75, 3.05) is 11.9 Å². The molecule has 2 rings (SSSR count). The Morgan fingerprint density at radius 1 is 1.33 bits per heavy atom. The predicted molar refractivity (Wildman–Crippen MR) is 62.3 cm³/mol. The highest BCUT2D eigenvalue weighted by Gasteiger charge is 2.07. The van der Waals surface area contributed by atoms with Gasteiger partial charge in [0.1, 0.15) is 6.29 Å². The number of benzene rings is 1. The van der Waals surface area contributed by atoms with Gasteiger partial charge < -0.3 is 10.1 Å². The van der Waals surface area contributed by atoms with Crippen LogP contribution in [0.25, 0.3) is 0 Å². The molecule has 0 bridgehead atoms. The van der Waals surface area contributed by atoms with Gasteiger partial charge in [-0.15, -0.1) is 0 Å². The third-order valence-electron chi connectivity index (χ3n) is 2.91. The fraction of sp³-hybridized carbons (Fsp3) is 0.462. The summed E-state index contributed by atoms with van der Waals surface area (Å²) >= 11 is 0. The van der Waals surface area contributed by atoms with Gasteiger partial charge in [-0.3, -0.25) is 0 Å². The quantitative estimate of drug-likeness (QED) is 0.765. The average molecular weight is 203 g/mol. The van der Waals surface area contributed by atoms with Crippen LogP contribution < -0.4 is 5.32 Å². The van der Waals surface area contributed by atoms with Gasteiger partial charge in [0.2, 0.25) is 0 Å². The summed E-state index contributed by atoms with van der Waals surface area (Å²) in [5.74, 6) is 0. The van der Waals surface area contributed by atoms with Crippen molar-refractivity contribution in [3.05, 3.63) is 29.3 Å². The van der Waals surface area contributed by atoms with E-state index in [0.717, 1.165) is 19.3 Å². The molecule has 0 saturated heterocycles. The molecule has 15 heavy (non-hydrogen) atoms. The van der Waals surface area contributed by atoms with Crippen molar-refractivity contribution in [1.82, 2.24) is 0 Å². The molecule has 0 amide bonds. The van der Waals surface area contributed by atoms with E-state index < -0.39 is 0 Å². The Morgan fingerprint density at radius 2 is 2.27 bits per heavy atom. The smallest absolute Gasteiger partial charge is 0.120 e. The van der Waals surface area contributed by atoms with Crippen LogP contribution in [0.5, 0.6) is 0 Å². The van der Waals surface area contributed by atoms with Crippen molar-refractivity contribution in [3.63, 3.8) is 0 Å². The maximum Gasteiger partial charge on any atom is 0.120 e. The highest BCUT2D eigenvalue weighted by Crippen LogP contribution is 2.23. The van der Waals surface area contributed by atoms with E-state index >= 15 is 0 Å². The summed E-state index contributed by atoms with van der Waals surface area (Å²) in [6, 6.07) is 6.55. The van der Waals surface area contributed by atoms with Gasteiger partial charge in [0.05, 0.1) is 0 Å². The molecule has 2 nitrogen and oxygen atoms in total. The van der Waals surface area contributed by atoms with Gasteiger partial charge >= 0.3 is 0 Å². The molecule has 0 spiro atoms. The minimum atomic E-state index is 0.624. The summed E-state index contributed by atoms with van der Waals surface area (Å²) < 4.78 is 0. The second kappa shape index (κ2) is 4.96. The highest BCUT2D eigenvalue weighted by atomic mass is 16.1. The maximum atomic E-state index is 10.3. The molecule has 1 aromatic rings. The van der Waals surface area contributed by atoms with Crippen molar-refractivity contribution in [2.24, 2.45) is 0 Å². The topological polar surface area (TPSA) is 29.1 Å². The summed E-state index contributed by atoms with van der Waals surface area (Å²) in [6.45, 7) is 1.07. The molecule has 1 heterocycles. The second-order valence-electron chi connectivity index (χ2n) is 4.08. The lowest BCUT2D eigenvalue weighted by atomic mass is 10.0. The van der Waals surface area contributed by atoms with E-state index in [-0.39, 0.29) is 0 Å². The highest BCUT2D eigenvalue weighted by molar-refractivity contribution is 5.55. The van der Waals surface area contributed by atoms with Crippen molar-refractivity contribution >= 4 is 12.0 Å². The van der Waals surface area contributed by atoms with Gasteiger partial charge in [0.15, 0.2) is 0 Å². The Labute approximate surface area is 90.7 Å². The Balaban J connectivity index is 2.16. The molecule has 1 aliphatic rings. The molecular weight excluding hydrogens is 186 g/mol. The van der Waals surface area contributed by atoms with Gasteiger partial charge in [0.25, 0.3) is 0 Å². The van der Waals surface area contributed by atoms with Crippen LogP contribution in [-0.2, 0) is 17.6 Å². The Morgan fingerprint density at radius 3 is 3.13 bits per heavy atom. The minimum Gasteiger partial charge on any atom is -0.385 e. The molecule has 0 fully saturated rings. The summed E-state index contributed by atoms with van der Waals surface area (Å²) in [4.78, 5) is 10.3. The van der Waals surface area contributed by atoms with Crippen LogP contribution in [0.4, 0.5) is 5.69 Å². The van der Waals surface area contributed by atoms with Crippen LogP contribution in [0.3, 0.4) is 0 Å². The van der Waals surface area contributed by atoms with Gasteiger partial charge in [-0.2, -0.15) is 0 Å². The molecule has 1 aliphatic heterocycles. The van der Waals surface area contributed by atoms with Crippen LogP contribution in [-0.4, -0.2) is 12.8 Å². The summed E-state index contributed by atoms with van der Waals surface area (Å²) in [5.41, 5.74) is 3.95. The molecule has 0 atom stereocenters. The van der Waals surface area contributed by atoms with Gasteiger partial charge in [-0.1, -0.05) is 12.1 Å². The number of carbonyl (C=O) groups is 1. The molecule has 0 radical (unpaired) electrons. The van der Waals surface area contributed by atoms with E-state index in [2.05, 4.69) is 23.5 Å². The van der Waals surface area contributed by atoms with Gasteiger partial charge in [0, 0.05) is 18.7 Å². The maximum absolute atomic E-state index is 10.3. The molecule has 0 aromatic heterocycles. The van der Waals surface area contributed by atoms with Gasteiger partial charge in [-0.05, 0) is 42.9 Å². The number of carbonyl (C=O) groups excluding carboxylic acids is 1. The summed E-state index contributed by atoms with van der Waals surface area (Å²) in [5, 5.41) is 3.45. The molecule has 80 valence electrons. The second-order valence-corrected chi connectivity index (χ2v) is 4.08. The first-order valence-corrected chi connectivity index (χ1v) is 5.69. The van der Waals surface area contributed by atoms with E-state index in [4.69, 9.17) is 0 Å². The van der Waals surface area contributed by atoms with Crippen LogP contribution >= 0.6 is 0 Å². The number of aryl methyl sites for hydroxylation is 2. The molecule has 1 N–H and O–H groups in total. The Kier molecular flexibility index (Phi) is 3.38. The SMILES string of the molecule is O=CCCc1ccc2c(c1)NCCCC2. The monoisotopic (exact) mass is 203 g/mol. The first-order valence-electron chi connectivity index (χ1n) is 5.69. The van der Waals surface area contributed by atoms with Gasteiger partial charge in [-0.25, -0.2) is 0 Å². The van der Waals surface area contributed by atoms with Crippen molar-refractivity contribution < 1.29 is 4.79 Å². The Bertz CT molecular complexity index is 346.